The summed E-state index contributed by atoms with van der Waals surface area (Å²) < 4.78 is 2.88. The molecule has 1 aliphatic heterocycles. The zero-order valence-electron chi connectivity index (χ0n) is 11.4. The van der Waals surface area contributed by atoms with E-state index in [4.69, 9.17) is 0 Å². The highest BCUT2D eigenvalue weighted by molar-refractivity contribution is 8.00. The number of hydrogen-bond donors (Lipinski definition) is 1. The van der Waals surface area contributed by atoms with E-state index in [0.29, 0.717) is 4.75 Å². The number of aromatic nitrogens is 1. The number of aliphatic hydroxyl groups is 1. The highest BCUT2D eigenvalue weighted by Crippen LogP contribution is 2.41. The van der Waals surface area contributed by atoms with Crippen LogP contribution in [0.15, 0.2) is 6.07 Å². The normalized spacial score (nSPS) is 31.6. The molecule has 3 heteroatoms. The van der Waals surface area contributed by atoms with E-state index in [0.717, 1.165) is 25.8 Å². The van der Waals surface area contributed by atoms with Crippen LogP contribution in [0.3, 0.4) is 0 Å². The summed E-state index contributed by atoms with van der Waals surface area (Å²) in [4.78, 5) is 0. The first-order chi connectivity index (χ1) is 8.59. The standard InChI is InChI=1S/C15H23NOS/c1-11-9-12-13(5-3-6-14(12)17)16(11)10-15(2)7-4-8-18-15/h9,14,17H,3-8,10H2,1-2H3. The van der Waals surface area contributed by atoms with Crippen LogP contribution in [0.25, 0.3) is 0 Å². The zero-order valence-corrected chi connectivity index (χ0v) is 12.2. The fraction of sp³-hybridized carbons (Fsp3) is 0.733. The largest absolute Gasteiger partial charge is 0.388 e. The Balaban J connectivity index is 1.92. The average Bonchev–Trinajstić information content (AvgIpc) is 2.88. The molecule has 18 heavy (non-hydrogen) atoms. The van der Waals surface area contributed by atoms with E-state index in [9.17, 15) is 5.11 Å². The van der Waals surface area contributed by atoms with Crippen molar-refractivity contribution in [1.82, 2.24) is 4.57 Å². The maximum Gasteiger partial charge on any atom is 0.0807 e. The molecule has 0 saturated carbocycles. The van der Waals surface area contributed by atoms with Gasteiger partial charge in [0.25, 0.3) is 0 Å². The Labute approximate surface area is 114 Å². The van der Waals surface area contributed by atoms with Crippen LogP contribution in [-0.2, 0) is 13.0 Å². The van der Waals surface area contributed by atoms with Gasteiger partial charge in [-0.05, 0) is 57.8 Å². The first-order valence-corrected chi connectivity index (χ1v) is 8.08. The summed E-state index contributed by atoms with van der Waals surface area (Å²) in [6.07, 6.45) is 5.65. The molecule has 2 heterocycles. The maximum atomic E-state index is 10.1. The number of aliphatic hydroxyl groups excluding tert-OH is 1. The number of rotatable bonds is 2. The molecule has 1 N–H and O–H groups in total. The van der Waals surface area contributed by atoms with Crippen molar-refractivity contribution >= 4 is 11.8 Å². The summed E-state index contributed by atoms with van der Waals surface area (Å²) >= 11 is 2.12. The minimum absolute atomic E-state index is 0.224. The second-order valence-corrected chi connectivity index (χ2v) is 7.77. The van der Waals surface area contributed by atoms with Gasteiger partial charge in [0.05, 0.1) is 6.10 Å². The smallest absolute Gasteiger partial charge is 0.0807 e. The van der Waals surface area contributed by atoms with Crippen molar-refractivity contribution in [2.24, 2.45) is 0 Å². The van der Waals surface area contributed by atoms with E-state index < -0.39 is 0 Å². The Morgan fingerprint density at radius 3 is 3.06 bits per heavy atom. The zero-order chi connectivity index (χ0) is 12.8. The number of nitrogens with zero attached hydrogens (tertiary/aromatic N) is 1. The highest BCUT2D eigenvalue weighted by atomic mass is 32.2. The van der Waals surface area contributed by atoms with Gasteiger partial charge >= 0.3 is 0 Å². The van der Waals surface area contributed by atoms with Crippen molar-refractivity contribution in [2.45, 2.75) is 63.3 Å². The fourth-order valence-electron chi connectivity index (χ4n) is 3.46. The van der Waals surface area contributed by atoms with Gasteiger partial charge in [-0.15, -0.1) is 0 Å². The molecule has 1 aromatic heterocycles. The van der Waals surface area contributed by atoms with Crippen LogP contribution in [0.5, 0.6) is 0 Å². The molecule has 0 aromatic carbocycles. The quantitative estimate of drug-likeness (QED) is 0.886. The summed E-state index contributed by atoms with van der Waals surface area (Å²) in [5.74, 6) is 1.31. The van der Waals surface area contributed by atoms with Crippen LogP contribution in [0.4, 0.5) is 0 Å². The fourth-order valence-corrected chi connectivity index (χ4v) is 4.75. The summed E-state index contributed by atoms with van der Waals surface area (Å²) in [5, 5.41) is 10.1. The topological polar surface area (TPSA) is 25.2 Å². The van der Waals surface area contributed by atoms with Crippen LogP contribution >= 0.6 is 11.8 Å². The second kappa shape index (κ2) is 4.61. The lowest BCUT2D eigenvalue weighted by molar-refractivity contribution is 0.155. The number of aryl methyl sites for hydroxylation is 1. The van der Waals surface area contributed by atoms with Gasteiger partial charge in [-0.25, -0.2) is 0 Å². The summed E-state index contributed by atoms with van der Waals surface area (Å²) in [6, 6.07) is 2.21. The lowest BCUT2D eigenvalue weighted by atomic mass is 9.95. The molecule has 1 aromatic rings. The monoisotopic (exact) mass is 265 g/mol. The van der Waals surface area contributed by atoms with E-state index >= 15 is 0 Å². The van der Waals surface area contributed by atoms with Gasteiger partial charge in [-0.2, -0.15) is 11.8 Å². The molecular weight excluding hydrogens is 242 g/mol. The third-order valence-corrected chi connectivity index (χ3v) is 6.02. The minimum Gasteiger partial charge on any atom is -0.388 e. The molecule has 0 spiro atoms. The maximum absolute atomic E-state index is 10.1. The Hall–Kier alpha value is -0.410. The van der Waals surface area contributed by atoms with Gasteiger partial charge in [0, 0.05) is 28.2 Å². The van der Waals surface area contributed by atoms with Gasteiger partial charge in [-0.3, -0.25) is 0 Å². The van der Waals surface area contributed by atoms with Crippen molar-refractivity contribution < 1.29 is 5.11 Å². The molecule has 3 rings (SSSR count). The molecule has 0 bridgehead atoms. The van der Waals surface area contributed by atoms with Gasteiger partial charge in [0.1, 0.15) is 0 Å². The van der Waals surface area contributed by atoms with Gasteiger partial charge in [-0.1, -0.05) is 0 Å². The SMILES string of the molecule is Cc1cc2c(n1CC1(C)CCCS1)CCCC2O. The Bertz CT molecular complexity index is 446. The Kier molecular flexibility index (Phi) is 3.23. The molecule has 2 aliphatic rings. The number of fused-ring (bicyclic) bond motifs is 1. The van der Waals surface area contributed by atoms with Crippen LogP contribution in [0, 0.1) is 6.92 Å². The van der Waals surface area contributed by atoms with Crippen LogP contribution in [0.2, 0.25) is 0 Å². The van der Waals surface area contributed by atoms with Gasteiger partial charge in [0.2, 0.25) is 0 Å². The molecule has 1 aliphatic carbocycles. The van der Waals surface area contributed by atoms with E-state index in [1.165, 1.54) is 35.5 Å². The number of hydrogen-bond acceptors (Lipinski definition) is 2. The first kappa shape index (κ1) is 12.6. The molecule has 2 unspecified atom stereocenters. The summed E-state index contributed by atoms with van der Waals surface area (Å²) in [6.45, 7) is 5.70. The van der Waals surface area contributed by atoms with Crippen LogP contribution in [0.1, 0.15) is 55.7 Å². The van der Waals surface area contributed by atoms with Crippen molar-refractivity contribution in [3.63, 3.8) is 0 Å². The van der Waals surface area contributed by atoms with E-state index in [1.54, 1.807) is 0 Å². The van der Waals surface area contributed by atoms with Crippen LogP contribution in [-0.4, -0.2) is 20.2 Å². The predicted octanol–water partition coefficient (Wildman–Crippen LogP) is 3.45. The van der Waals surface area contributed by atoms with Gasteiger partial charge < -0.3 is 9.67 Å². The molecular formula is C15H23NOS. The molecule has 0 radical (unpaired) electrons. The van der Waals surface area contributed by atoms with E-state index in [1.807, 2.05) is 0 Å². The number of thioether (sulfide) groups is 1. The van der Waals surface area contributed by atoms with Gasteiger partial charge in [0.15, 0.2) is 0 Å². The van der Waals surface area contributed by atoms with Crippen molar-refractivity contribution in [3.8, 4) is 0 Å². The molecule has 2 atom stereocenters. The molecule has 0 amide bonds. The lowest BCUT2D eigenvalue weighted by Crippen LogP contribution is -2.26. The highest BCUT2D eigenvalue weighted by Gasteiger charge is 2.32. The average molecular weight is 265 g/mol. The van der Waals surface area contributed by atoms with E-state index in [-0.39, 0.29) is 6.10 Å². The second-order valence-electron chi connectivity index (χ2n) is 6.08. The third kappa shape index (κ3) is 2.12. The Morgan fingerprint density at radius 2 is 2.33 bits per heavy atom. The Morgan fingerprint density at radius 1 is 1.50 bits per heavy atom. The van der Waals surface area contributed by atoms with Crippen molar-refractivity contribution in [2.75, 3.05) is 5.75 Å². The van der Waals surface area contributed by atoms with Crippen molar-refractivity contribution in [1.29, 1.82) is 0 Å². The first-order valence-electron chi connectivity index (χ1n) is 7.10. The van der Waals surface area contributed by atoms with Crippen molar-refractivity contribution in [3.05, 3.63) is 23.0 Å². The predicted molar refractivity (Wildman–Crippen MR) is 77.2 cm³/mol. The molecule has 1 fully saturated rings. The third-order valence-electron chi connectivity index (χ3n) is 4.49. The minimum atomic E-state index is -0.224. The molecule has 100 valence electrons. The van der Waals surface area contributed by atoms with Crippen LogP contribution < -0.4 is 0 Å². The summed E-state index contributed by atoms with van der Waals surface area (Å²) in [5.41, 5.74) is 3.93. The van der Waals surface area contributed by atoms with E-state index in [2.05, 4.69) is 36.2 Å². The molecule has 1 saturated heterocycles. The molecule has 2 nitrogen and oxygen atoms in total. The lowest BCUT2D eigenvalue weighted by Gasteiger charge is -2.27. The summed E-state index contributed by atoms with van der Waals surface area (Å²) in [7, 11) is 0.